The van der Waals surface area contributed by atoms with Gasteiger partial charge >= 0.3 is 0 Å². The summed E-state index contributed by atoms with van der Waals surface area (Å²) in [4.78, 5) is 7.07. The topological polar surface area (TPSA) is 48.9 Å². The second kappa shape index (κ2) is 2.60. The molecule has 3 heteroatoms. The summed E-state index contributed by atoms with van der Waals surface area (Å²) < 4.78 is 0. The van der Waals surface area contributed by atoms with E-state index in [1.165, 1.54) is 0 Å². The number of H-pyrrole nitrogens is 1. The van der Waals surface area contributed by atoms with Crippen molar-refractivity contribution in [2.45, 2.75) is 13.0 Å². The molecule has 0 fully saturated rings. The molecule has 0 saturated carbocycles. The fourth-order valence-electron chi connectivity index (χ4n) is 1.21. The predicted octanol–water partition coefficient (Wildman–Crippen LogP) is 1.62. The van der Waals surface area contributed by atoms with Crippen LogP contribution in [-0.2, 0) is 0 Å². The van der Waals surface area contributed by atoms with Crippen molar-refractivity contribution in [3.05, 3.63) is 30.1 Å². The van der Waals surface area contributed by atoms with Crippen molar-refractivity contribution < 1.29 is 5.11 Å². The zero-order valence-electron chi connectivity index (χ0n) is 6.78. The normalized spacial score (nSPS) is 13.5. The van der Waals surface area contributed by atoms with E-state index in [1.807, 2.05) is 18.2 Å². The number of hydrogen-bond acceptors (Lipinski definition) is 2. The highest BCUT2D eigenvalue weighted by molar-refractivity contribution is 5.75. The molecular weight excluding hydrogens is 152 g/mol. The molecular formula is C9H10N2O. The van der Waals surface area contributed by atoms with Gasteiger partial charge in [0, 0.05) is 0 Å². The number of aromatic nitrogens is 2. The maximum Gasteiger partial charge on any atom is 0.0931 e. The van der Waals surface area contributed by atoms with Crippen LogP contribution in [0, 0.1) is 0 Å². The molecule has 2 N–H and O–H groups in total. The maximum absolute atomic E-state index is 9.29. The molecule has 0 unspecified atom stereocenters. The largest absolute Gasteiger partial charge is 0.389 e. The van der Waals surface area contributed by atoms with Gasteiger partial charge in [-0.25, -0.2) is 4.98 Å². The molecule has 2 aromatic rings. The van der Waals surface area contributed by atoms with E-state index in [-0.39, 0.29) is 0 Å². The molecule has 0 aliphatic carbocycles. The molecule has 62 valence electrons. The number of imidazole rings is 1. The van der Waals surface area contributed by atoms with E-state index in [0.29, 0.717) is 0 Å². The van der Waals surface area contributed by atoms with Crippen LogP contribution in [0.5, 0.6) is 0 Å². The van der Waals surface area contributed by atoms with Crippen molar-refractivity contribution >= 4 is 11.0 Å². The Balaban J connectivity index is 2.60. The average molecular weight is 162 g/mol. The maximum atomic E-state index is 9.29. The lowest BCUT2D eigenvalue weighted by Crippen LogP contribution is -1.89. The predicted molar refractivity (Wildman–Crippen MR) is 46.7 cm³/mol. The Morgan fingerprint density at radius 3 is 3.08 bits per heavy atom. The summed E-state index contributed by atoms with van der Waals surface area (Å²) in [6, 6.07) is 5.69. The Hall–Kier alpha value is -1.35. The van der Waals surface area contributed by atoms with Crippen LogP contribution in [0.25, 0.3) is 11.0 Å². The Bertz CT molecular complexity index is 392. The first-order valence-electron chi connectivity index (χ1n) is 3.88. The molecule has 1 atom stereocenters. The summed E-state index contributed by atoms with van der Waals surface area (Å²) in [7, 11) is 0. The number of aliphatic hydroxyl groups is 1. The number of nitrogens with zero attached hydrogens (tertiary/aromatic N) is 1. The van der Waals surface area contributed by atoms with Crippen LogP contribution in [0.2, 0.25) is 0 Å². The zero-order chi connectivity index (χ0) is 8.55. The third-order valence-electron chi connectivity index (χ3n) is 1.93. The number of benzene rings is 1. The fraction of sp³-hybridized carbons (Fsp3) is 0.222. The molecule has 0 amide bonds. The van der Waals surface area contributed by atoms with Crippen LogP contribution < -0.4 is 0 Å². The number of hydrogen-bond donors (Lipinski definition) is 2. The highest BCUT2D eigenvalue weighted by Crippen LogP contribution is 2.16. The number of nitrogens with one attached hydrogen (secondary N) is 1. The monoisotopic (exact) mass is 162 g/mol. The van der Waals surface area contributed by atoms with Crippen molar-refractivity contribution in [2.75, 3.05) is 0 Å². The molecule has 0 bridgehead atoms. The molecule has 0 saturated heterocycles. The molecule has 0 aliphatic rings. The highest BCUT2D eigenvalue weighted by Gasteiger charge is 2.02. The molecule has 1 aromatic heterocycles. The lowest BCUT2D eigenvalue weighted by molar-refractivity contribution is 0.199. The van der Waals surface area contributed by atoms with E-state index in [9.17, 15) is 5.11 Å². The summed E-state index contributed by atoms with van der Waals surface area (Å²) in [5.41, 5.74) is 2.81. The van der Waals surface area contributed by atoms with Gasteiger partial charge in [-0.1, -0.05) is 6.07 Å². The van der Waals surface area contributed by atoms with Gasteiger partial charge in [0.25, 0.3) is 0 Å². The summed E-state index contributed by atoms with van der Waals surface area (Å²) in [6.07, 6.45) is 1.23. The minimum absolute atomic E-state index is 0.419. The minimum atomic E-state index is -0.419. The third kappa shape index (κ3) is 1.08. The van der Waals surface area contributed by atoms with Crippen molar-refractivity contribution in [2.24, 2.45) is 0 Å². The number of fused-ring (bicyclic) bond motifs is 1. The molecule has 0 aliphatic heterocycles. The van der Waals surface area contributed by atoms with Gasteiger partial charge in [0.2, 0.25) is 0 Å². The summed E-state index contributed by atoms with van der Waals surface area (Å²) in [6.45, 7) is 1.75. The first kappa shape index (κ1) is 7.31. The average Bonchev–Trinajstić information content (AvgIpc) is 2.49. The second-order valence-corrected chi connectivity index (χ2v) is 2.86. The van der Waals surface area contributed by atoms with Gasteiger partial charge in [-0.15, -0.1) is 0 Å². The first-order valence-corrected chi connectivity index (χ1v) is 3.88. The van der Waals surface area contributed by atoms with Crippen LogP contribution in [0.1, 0.15) is 18.6 Å². The molecule has 1 aromatic carbocycles. The summed E-state index contributed by atoms with van der Waals surface area (Å²) >= 11 is 0. The zero-order valence-corrected chi connectivity index (χ0v) is 6.78. The van der Waals surface area contributed by atoms with E-state index in [2.05, 4.69) is 9.97 Å². The van der Waals surface area contributed by atoms with Crippen LogP contribution >= 0.6 is 0 Å². The third-order valence-corrected chi connectivity index (χ3v) is 1.93. The van der Waals surface area contributed by atoms with Crippen molar-refractivity contribution in [3.8, 4) is 0 Å². The lowest BCUT2D eigenvalue weighted by Gasteiger charge is -2.02. The minimum Gasteiger partial charge on any atom is -0.389 e. The summed E-state index contributed by atoms with van der Waals surface area (Å²) in [5.74, 6) is 0. The fourth-order valence-corrected chi connectivity index (χ4v) is 1.21. The highest BCUT2D eigenvalue weighted by atomic mass is 16.3. The molecule has 1 heterocycles. The molecule has 0 radical (unpaired) electrons. The summed E-state index contributed by atoms with van der Waals surface area (Å²) in [5, 5.41) is 9.29. The van der Waals surface area contributed by atoms with Gasteiger partial charge in [0.05, 0.1) is 23.5 Å². The SMILES string of the molecule is C[C@H](O)c1ccc2nc[nH]c2c1. The lowest BCUT2D eigenvalue weighted by atomic mass is 10.1. The Morgan fingerprint density at radius 1 is 1.50 bits per heavy atom. The second-order valence-electron chi connectivity index (χ2n) is 2.86. The van der Waals surface area contributed by atoms with Crippen molar-refractivity contribution in [1.82, 2.24) is 9.97 Å². The quantitative estimate of drug-likeness (QED) is 0.669. The first-order chi connectivity index (χ1) is 5.77. The van der Waals surface area contributed by atoms with E-state index in [4.69, 9.17) is 0 Å². The van der Waals surface area contributed by atoms with Crippen molar-refractivity contribution in [3.63, 3.8) is 0 Å². The van der Waals surface area contributed by atoms with Gasteiger partial charge in [0.1, 0.15) is 0 Å². The van der Waals surface area contributed by atoms with Gasteiger partial charge in [-0.05, 0) is 24.6 Å². The Kier molecular flexibility index (Phi) is 1.59. The standard InChI is InChI=1S/C9H10N2O/c1-6(12)7-2-3-8-9(4-7)11-5-10-8/h2-6,12H,1H3,(H,10,11)/t6-/m0/s1. The van der Waals surface area contributed by atoms with Crippen LogP contribution in [0.4, 0.5) is 0 Å². The van der Waals surface area contributed by atoms with Gasteiger partial charge in [-0.2, -0.15) is 0 Å². The van der Waals surface area contributed by atoms with E-state index in [0.717, 1.165) is 16.6 Å². The number of rotatable bonds is 1. The van der Waals surface area contributed by atoms with Crippen LogP contribution in [-0.4, -0.2) is 15.1 Å². The Labute approximate surface area is 70.1 Å². The Morgan fingerprint density at radius 2 is 2.33 bits per heavy atom. The molecule has 12 heavy (non-hydrogen) atoms. The van der Waals surface area contributed by atoms with E-state index < -0.39 is 6.10 Å². The smallest absolute Gasteiger partial charge is 0.0931 e. The van der Waals surface area contributed by atoms with Gasteiger partial charge in [-0.3, -0.25) is 0 Å². The van der Waals surface area contributed by atoms with Crippen LogP contribution in [0.15, 0.2) is 24.5 Å². The number of aromatic amines is 1. The van der Waals surface area contributed by atoms with E-state index >= 15 is 0 Å². The molecule has 3 nitrogen and oxygen atoms in total. The van der Waals surface area contributed by atoms with Crippen LogP contribution in [0.3, 0.4) is 0 Å². The molecule has 0 spiro atoms. The van der Waals surface area contributed by atoms with Gasteiger partial charge in [0.15, 0.2) is 0 Å². The van der Waals surface area contributed by atoms with Crippen molar-refractivity contribution in [1.29, 1.82) is 0 Å². The van der Waals surface area contributed by atoms with Gasteiger partial charge < -0.3 is 10.1 Å². The number of aliphatic hydroxyl groups excluding tert-OH is 1. The molecule has 2 rings (SSSR count). The van der Waals surface area contributed by atoms with E-state index in [1.54, 1.807) is 13.3 Å².